The Morgan fingerprint density at radius 1 is 1.28 bits per heavy atom. The van der Waals surface area contributed by atoms with Crippen LogP contribution in [0.1, 0.15) is 18.9 Å². The molecular weight excluding hydrogens is 394 g/mol. The predicted octanol–water partition coefficient (Wildman–Crippen LogP) is 2.20. The van der Waals surface area contributed by atoms with Crippen LogP contribution in [0.25, 0.3) is 10.9 Å². The number of hydrogen-bond donors (Lipinski definition) is 2. The average molecular weight is 412 g/mol. The Morgan fingerprint density at radius 2 is 2.03 bits per heavy atom. The Kier molecular flexibility index (Phi) is 5.44. The minimum atomic E-state index is -2.31. The molecule has 2 aromatic heterocycles. The number of nitrogens with zero attached hydrogens (tertiary/aromatic N) is 3. The molecule has 0 aliphatic carbocycles. The van der Waals surface area contributed by atoms with Crippen LogP contribution < -0.4 is 10.9 Å². The van der Waals surface area contributed by atoms with Crippen LogP contribution in [0, 0.1) is 17.2 Å². The lowest BCUT2D eigenvalue weighted by molar-refractivity contribution is 0.141. The maximum atomic E-state index is 12.5. The van der Waals surface area contributed by atoms with E-state index in [-0.39, 0.29) is 22.4 Å². The Bertz CT molecular complexity index is 1150. The number of pyridine rings is 1. The summed E-state index contributed by atoms with van der Waals surface area (Å²) in [6, 6.07) is 10.0. The van der Waals surface area contributed by atoms with Crippen molar-refractivity contribution < 1.29 is 13.5 Å². The summed E-state index contributed by atoms with van der Waals surface area (Å²) in [4.78, 5) is 15.4. The van der Waals surface area contributed by atoms with E-state index < -0.39 is 11.1 Å². The van der Waals surface area contributed by atoms with E-state index in [0.29, 0.717) is 48.5 Å². The van der Waals surface area contributed by atoms with Crippen molar-refractivity contribution >= 4 is 33.5 Å². The van der Waals surface area contributed by atoms with Gasteiger partial charge in [0.1, 0.15) is 5.39 Å². The van der Waals surface area contributed by atoms with E-state index in [2.05, 4.69) is 21.5 Å². The van der Waals surface area contributed by atoms with Gasteiger partial charge in [-0.25, -0.2) is 0 Å². The molecule has 3 aromatic rings. The third kappa shape index (κ3) is 3.80. The molecule has 1 aliphatic rings. The van der Waals surface area contributed by atoms with Gasteiger partial charge in [0.05, 0.1) is 23.5 Å². The summed E-state index contributed by atoms with van der Waals surface area (Å²) < 4.78 is 29.3. The Labute approximate surface area is 168 Å². The summed E-state index contributed by atoms with van der Waals surface area (Å²) in [6.45, 7) is 1.04. The highest BCUT2D eigenvalue weighted by atomic mass is 32.2. The second-order valence-electron chi connectivity index (χ2n) is 6.74. The summed E-state index contributed by atoms with van der Waals surface area (Å²) in [7, 11) is 0. The first-order valence-corrected chi connectivity index (χ1v) is 10.2. The number of aromatic nitrogens is 3. The lowest BCUT2D eigenvalue weighted by Crippen LogP contribution is -2.20. The molecule has 10 heteroatoms. The van der Waals surface area contributed by atoms with Crippen molar-refractivity contribution in [1.29, 1.82) is 5.26 Å². The SMILES string of the molecule is N#CC1CCOCCC1n1nc(Nc2ccc(S(=O)[O-])cc2)c2c(=O)[nH]ccc21. The molecule has 4 rings (SSSR count). The molecule has 0 saturated carbocycles. The topological polar surface area (TPSA) is 136 Å². The molecule has 0 bridgehead atoms. The number of aromatic amines is 1. The predicted molar refractivity (Wildman–Crippen MR) is 105 cm³/mol. The van der Waals surface area contributed by atoms with Crippen LogP contribution >= 0.6 is 0 Å². The highest BCUT2D eigenvalue weighted by molar-refractivity contribution is 7.79. The summed E-state index contributed by atoms with van der Waals surface area (Å²) >= 11 is -2.31. The van der Waals surface area contributed by atoms with Gasteiger partial charge in [0.25, 0.3) is 5.56 Å². The number of nitrogens with one attached hydrogen (secondary N) is 2. The fourth-order valence-electron chi connectivity index (χ4n) is 3.58. The monoisotopic (exact) mass is 412 g/mol. The molecule has 1 fully saturated rings. The molecular formula is C19H18N5O4S-. The molecule has 2 N–H and O–H groups in total. The summed E-state index contributed by atoms with van der Waals surface area (Å²) in [5.41, 5.74) is 0.919. The van der Waals surface area contributed by atoms with Crippen molar-refractivity contribution in [1.82, 2.24) is 14.8 Å². The van der Waals surface area contributed by atoms with E-state index in [0.717, 1.165) is 0 Å². The van der Waals surface area contributed by atoms with Gasteiger partial charge >= 0.3 is 0 Å². The fourth-order valence-corrected chi connectivity index (χ4v) is 3.94. The quantitative estimate of drug-likeness (QED) is 0.627. The van der Waals surface area contributed by atoms with E-state index in [1.54, 1.807) is 29.1 Å². The maximum Gasteiger partial charge on any atom is 0.261 e. The number of H-pyrrole nitrogens is 1. The first kappa shape index (κ1) is 19.3. The van der Waals surface area contributed by atoms with Crippen molar-refractivity contribution in [2.45, 2.75) is 23.8 Å². The largest absolute Gasteiger partial charge is 0.768 e. The number of rotatable bonds is 4. The molecule has 0 amide bonds. The minimum Gasteiger partial charge on any atom is -0.768 e. The molecule has 1 aliphatic heterocycles. The third-order valence-electron chi connectivity index (χ3n) is 5.02. The van der Waals surface area contributed by atoms with Crippen molar-refractivity contribution in [2.75, 3.05) is 18.5 Å². The van der Waals surface area contributed by atoms with Gasteiger partial charge < -0.3 is 19.6 Å². The molecule has 9 nitrogen and oxygen atoms in total. The van der Waals surface area contributed by atoms with Crippen molar-refractivity contribution in [2.24, 2.45) is 5.92 Å². The van der Waals surface area contributed by atoms with E-state index in [9.17, 15) is 18.8 Å². The number of ether oxygens (including phenoxy) is 1. The fraction of sp³-hybridized carbons (Fsp3) is 0.316. The van der Waals surface area contributed by atoms with Crippen LogP contribution in [-0.4, -0.2) is 36.7 Å². The first-order valence-electron chi connectivity index (χ1n) is 9.12. The molecule has 3 atom stereocenters. The Balaban J connectivity index is 1.78. The standard InChI is InChI=1S/C19H19N5O4S/c20-11-12-6-9-28-10-7-15(12)24-16-5-8-21-19(25)17(16)18(23-24)22-13-1-3-14(4-2-13)29(26)27/h1-5,8,12,15H,6-7,9-10H2,(H,21,25)(H,22,23)(H,26,27)/p-1. The number of anilines is 2. The molecule has 0 radical (unpaired) electrons. The second kappa shape index (κ2) is 8.16. The molecule has 150 valence electrons. The van der Waals surface area contributed by atoms with Gasteiger partial charge in [0, 0.05) is 30.0 Å². The normalized spacial score (nSPS) is 20.7. The van der Waals surface area contributed by atoms with Gasteiger partial charge in [-0.3, -0.25) is 13.7 Å². The highest BCUT2D eigenvalue weighted by Crippen LogP contribution is 2.32. The molecule has 3 unspecified atom stereocenters. The van der Waals surface area contributed by atoms with E-state index in [1.807, 2.05) is 0 Å². The molecule has 1 saturated heterocycles. The number of hydrogen-bond acceptors (Lipinski definition) is 7. The first-order chi connectivity index (χ1) is 14.1. The van der Waals surface area contributed by atoms with Gasteiger partial charge in [0.15, 0.2) is 5.82 Å². The lowest BCUT2D eigenvalue weighted by Gasteiger charge is -2.20. The number of benzene rings is 1. The van der Waals surface area contributed by atoms with Crippen LogP contribution in [0.4, 0.5) is 11.5 Å². The van der Waals surface area contributed by atoms with Gasteiger partial charge in [0.2, 0.25) is 0 Å². The van der Waals surface area contributed by atoms with Gasteiger partial charge in [-0.2, -0.15) is 10.4 Å². The van der Waals surface area contributed by atoms with Crippen LogP contribution in [0.15, 0.2) is 46.2 Å². The molecule has 1 aromatic carbocycles. The van der Waals surface area contributed by atoms with E-state index in [1.165, 1.54) is 12.1 Å². The minimum absolute atomic E-state index is 0.166. The maximum absolute atomic E-state index is 12.5. The highest BCUT2D eigenvalue weighted by Gasteiger charge is 2.29. The van der Waals surface area contributed by atoms with Gasteiger partial charge in [-0.1, -0.05) is 0 Å². The zero-order chi connectivity index (χ0) is 20.4. The van der Waals surface area contributed by atoms with Crippen molar-refractivity contribution in [3.63, 3.8) is 0 Å². The molecule has 29 heavy (non-hydrogen) atoms. The van der Waals surface area contributed by atoms with Crippen LogP contribution in [0.3, 0.4) is 0 Å². The van der Waals surface area contributed by atoms with Gasteiger partial charge in [-0.15, -0.1) is 0 Å². The lowest BCUT2D eigenvalue weighted by atomic mass is 9.96. The Morgan fingerprint density at radius 3 is 2.76 bits per heavy atom. The van der Waals surface area contributed by atoms with E-state index >= 15 is 0 Å². The molecule has 0 spiro atoms. The summed E-state index contributed by atoms with van der Waals surface area (Å²) in [5, 5.41) is 17.7. The molecule has 3 heterocycles. The van der Waals surface area contributed by atoms with E-state index in [4.69, 9.17) is 4.74 Å². The smallest absolute Gasteiger partial charge is 0.261 e. The summed E-state index contributed by atoms with van der Waals surface area (Å²) in [6.07, 6.45) is 2.77. The van der Waals surface area contributed by atoms with Crippen molar-refractivity contribution in [3.8, 4) is 6.07 Å². The van der Waals surface area contributed by atoms with Crippen LogP contribution in [-0.2, 0) is 15.8 Å². The average Bonchev–Trinajstić information content (AvgIpc) is 2.92. The van der Waals surface area contributed by atoms with Crippen molar-refractivity contribution in [3.05, 3.63) is 46.9 Å². The zero-order valence-electron chi connectivity index (χ0n) is 15.3. The van der Waals surface area contributed by atoms with Crippen LogP contribution in [0.5, 0.6) is 0 Å². The number of fused-ring (bicyclic) bond motifs is 1. The second-order valence-corrected chi connectivity index (χ2v) is 7.68. The number of nitriles is 1. The van der Waals surface area contributed by atoms with Crippen LogP contribution in [0.2, 0.25) is 0 Å². The van der Waals surface area contributed by atoms with Gasteiger partial charge in [-0.05, 0) is 54.3 Å². The zero-order valence-corrected chi connectivity index (χ0v) is 16.1. The Hall–Kier alpha value is -3.00. The summed E-state index contributed by atoms with van der Waals surface area (Å²) in [5.74, 6) is 0.0683. The third-order valence-corrected chi connectivity index (χ3v) is 5.67.